The number of hydrogen-bond acceptors (Lipinski definition) is 3. The normalized spacial score (nSPS) is 12.1. The second-order valence-electron chi connectivity index (χ2n) is 5.49. The summed E-state index contributed by atoms with van der Waals surface area (Å²) in [5.74, 6) is -0.664. The molecule has 3 rings (SSSR count). The van der Waals surface area contributed by atoms with Gasteiger partial charge in [0.2, 0.25) is 10.0 Å². The van der Waals surface area contributed by atoms with E-state index in [1.165, 1.54) is 22.5 Å². The van der Waals surface area contributed by atoms with Gasteiger partial charge in [-0.3, -0.25) is 0 Å². The lowest BCUT2D eigenvalue weighted by Gasteiger charge is -2.20. The van der Waals surface area contributed by atoms with Gasteiger partial charge in [0.15, 0.2) is 0 Å². The molecule has 0 aliphatic carbocycles. The minimum absolute atomic E-state index is 0.222. The van der Waals surface area contributed by atoms with E-state index in [1.54, 1.807) is 19.2 Å². The van der Waals surface area contributed by atoms with Gasteiger partial charge in [-0.25, -0.2) is 17.8 Å². The van der Waals surface area contributed by atoms with Crippen molar-refractivity contribution in [3.05, 3.63) is 71.9 Å². The van der Waals surface area contributed by atoms with Crippen LogP contribution in [0.1, 0.15) is 18.2 Å². The molecule has 0 amide bonds. The Bertz CT molecular complexity index is 953. The summed E-state index contributed by atoms with van der Waals surface area (Å²) >= 11 is 0. The van der Waals surface area contributed by atoms with Gasteiger partial charge in [0.25, 0.3) is 0 Å². The number of fused-ring (bicyclic) bond motifs is 1. The molecular weight excluding hydrogens is 329 g/mol. The van der Waals surface area contributed by atoms with Gasteiger partial charge in [-0.2, -0.15) is 4.31 Å². The van der Waals surface area contributed by atoms with Crippen LogP contribution < -0.4 is 0 Å². The molecular formula is C17H18FN3O2S. The quantitative estimate of drug-likeness (QED) is 0.689. The zero-order valence-corrected chi connectivity index (χ0v) is 14.1. The molecule has 1 aromatic carbocycles. The molecule has 7 heteroatoms. The predicted molar refractivity (Wildman–Crippen MR) is 90.3 cm³/mol. The van der Waals surface area contributed by atoms with E-state index in [1.807, 2.05) is 28.8 Å². The van der Waals surface area contributed by atoms with Crippen molar-refractivity contribution >= 4 is 15.7 Å². The third kappa shape index (κ3) is 3.47. The van der Waals surface area contributed by atoms with Gasteiger partial charge in [-0.05, 0) is 29.8 Å². The van der Waals surface area contributed by atoms with Gasteiger partial charge in [-0.15, -0.1) is 0 Å². The second kappa shape index (κ2) is 6.70. The maximum atomic E-state index is 13.3. The lowest BCUT2D eigenvalue weighted by Crippen LogP contribution is -2.32. The van der Waals surface area contributed by atoms with Crippen molar-refractivity contribution in [3.8, 4) is 0 Å². The van der Waals surface area contributed by atoms with E-state index in [2.05, 4.69) is 4.98 Å². The Hall–Kier alpha value is -2.25. The Morgan fingerprint density at radius 2 is 2.04 bits per heavy atom. The van der Waals surface area contributed by atoms with Crippen molar-refractivity contribution in [3.63, 3.8) is 0 Å². The van der Waals surface area contributed by atoms with Gasteiger partial charge in [0.05, 0.1) is 24.2 Å². The molecule has 0 bridgehead atoms. The van der Waals surface area contributed by atoms with Crippen LogP contribution in [0.2, 0.25) is 0 Å². The van der Waals surface area contributed by atoms with Gasteiger partial charge >= 0.3 is 0 Å². The van der Waals surface area contributed by atoms with Crippen molar-refractivity contribution in [2.24, 2.45) is 0 Å². The number of halogens is 1. The van der Waals surface area contributed by atoms with E-state index in [-0.39, 0.29) is 12.3 Å². The maximum absolute atomic E-state index is 13.3. The van der Waals surface area contributed by atoms with Gasteiger partial charge < -0.3 is 4.40 Å². The zero-order chi connectivity index (χ0) is 17.2. The van der Waals surface area contributed by atoms with Crippen LogP contribution in [-0.2, 0) is 22.3 Å². The predicted octanol–water partition coefficient (Wildman–Crippen LogP) is 2.83. The van der Waals surface area contributed by atoms with Crippen LogP contribution in [0, 0.1) is 5.82 Å². The first-order valence-corrected chi connectivity index (χ1v) is 9.24. The maximum Gasteiger partial charge on any atom is 0.218 e. The molecule has 0 fully saturated rings. The largest absolute Gasteiger partial charge is 0.303 e. The third-order valence-corrected chi connectivity index (χ3v) is 5.69. The van der Waals surface area contributed by atoms with Gasteiger partial charge in [0, 0.05) is 12.7 Å². The highest BCUT2D eigenvalue weighted by molar-refractivity contribution is 7.88. The summed E-state index contributed by atoms with van der Waals surface area (Å²) in [6.07, 6.45) is 3.53. The summed E-state index contributed by atoms with van der Waals surface area (Å²) in [6.45, 7) is 2.34. The average molecular weight is 347 g/mol. The van der Waals surface area contributed by atoms with Crippen molar-refractivity contribution in [2.75, 3.05) is 6.54 Å². The van der Waals surface area contributed by atoms with Crippen LogP contribution in [0.25, 0.3) is 5.65 Å². The molecule has 2 heterocycles. The highest BCUT2D eigenvalue weighted by atomic mass is 32.2. The van der Waals surface area contributed by atoms with Crippen LogP contribution in [0.5, 0.6) is 0 Å². The molecule has 0 unspecified atom stereocenters. The Balaban J connectivity index is 1.84. The van der Waals surface area contributed by atoms with Crippen molar-refractivity contribution in [1.82, 2.24) is 13.7 Å². The fourth-order valence-corrected chi connectivity index (χ4v) is 4.12. The summed E-state index contributed by atoms with van der Waals surface area (Å²) < 4.78 is 41.9. The SMILES string of the molecule is CCN(Cc1cnc2ccccn12)S(=O)(=O)Cc1cccc(F)c1. The van der Waals surface area contributed by atoms with Crippen LogP contribution in [0.3, 0.4) is 0 Å². The monoisotopic (exact) mass is 347 g/mol. The standard InChI is InChI=1S/C17H18FN3O2S/c1-2-20(12-16-11-19-17-8-3-4-9-21(16)17)24(22,23)13-14-6-5-7-15(18)10-14/h3-11H,2,12-13H2,1H3. The fourth-order valence-electron chi connectivity index (χ4n) is 2.62. The molecule has 0 saturated carbocycles. The molecule has 0 aliphatic heterocycles. The van der Waals surface area contributed by atoms with E-state index < -0.39 is 15.8 Å². The average Bonchev–Trinajstić information content (AvgIpc) is 2.95. The number of pyridine rings is 1. The van der Waals surface area contributed by atoms with Crippen molar-refractivity contribution < 1.29 is 12.8 Å². The molecule has 0 saturated heterocycles. The lowest BCUT2D eigenvalue weighted by atomic mass is 10.2. The van der Waals surface area contributed by atoms with Crippen LogP contribution in [-0.4, -0.2) is 28.7 Å². The smallest absolute Gasteiger partial charge is 0.218 e. The van der Waals surface area contributed by atoms with E-state index in [0.29, 0.717) is 12.1 Å². The number of aromatic nitrogens is 2. The Morgan fingerprint density at radius 1 is 1.21 bits per heavy atom. The molecule has 0 spiro atoms. The zero-order valence-electron chi connectivity index (χ0n) is 13.3. The number of benzene rings is 1. The highest BCUT2D eigenvalue weighted by Crippen LogP contribution is 2.16. The summed E-state index contributed by atoms with van der Waals surface area (Å²) in [5.41, 5.74) is 1.99. The van der Waals surface area contributed by atoms with Crippen LogP contribution in [0.4, 0.5) is 4.39 Å². The summed E-state index contributed by atoms with van der Waals surface area (Å²) in [6, 6.07) is 11.3. The molecule has 0 aliphatic rings. The number of nitrogens with zero attached hydrogens (tertiary/aromatic N) is 3. The Kier molecular flexibility index (Phi) is 4.64. The minimum Gasteiger partial charge on any atom is -0.303 e. The molecule has 24 heavy (non-hydrogen) atoms. The number of hydrogen-bond donors (Lipinski definition) is 0. The van der Waals surface area contributed by atoms with Gasteiger partial charge in [-0.1, -0.05) is 25.1 Å². The van der Waals surface area contributed by atoms with Crippen LogP contribution >= 0.6 is 0 Å². The topological polar surface area (TPSA) is 54.7 Å². The van der Waals surface area contributed by atoms with E-state index in [4.69, 9.17) is 0 Å². The Labute approximate surface area is 140 Å². The number of imidazole rings is 1. The van der Waals surface area contributed by atoms with E-state index in [0.717, 1.165) is 11.3 Å². The fraction of sp³-hybridized carbons (Fsp3) is 0.235. The molecule has 0 atom stereocenters. The first-order chi connectivity index (χ1) is 11.5. The highest BCUT2D eigenvalue weighted by Gasteiger charge is 2.22. The van der Waals surface area contributed by atoms with Crippen LogP contribution in [0.15, 0.2) is 54.9 Å². The Morgan fingerprint density at radius 3 is 2.79 bits per heavy atom. The molecule has 5 nitrogen and oxygen atoms in total. The summed E-state index contributed by atoms with van der Waals surface area (Å²) in [4.78, 5) is 4.28. The second-order valence-corrected chi connectivity index (χ2v) is 7.46. The third-order valence-electron chi connectivity index (χ3n) is 3.82. The van der Waals surface area contributed by atoms with Crippen molar-refractivity contribution in [2.45, 2.75) is 19.2 Å². The minimum atomic E-state index is -3.56. The first-order valence-electron chi connectivity index (χ1n) is 7.63. The summed E-state index contributed by atoms with van der Waals surface area (Å²) in [5, 5.41) is 0. The van der Waals surface area contributed by atoms with E-state index in [9.17, 15) is 12.8 Å². The molecule has 0 radical (unpaired) electrons. The van der Waals surface area contributed by atoms with Gasteiger partial charge in [0.1, 0.15) is 11.5 Å². The summed E-state index contributed by atoms with van der Waals surface area (Å²) in [7, 11) is -3.56. The van der Waals surface area contributed by atoms with Crippen molar-refractivity contribution in [1.29, 1.82) is 0 Å². The number of rotatable bonds is 6. The number of sulfonamides is 1. The molecule has 0 N–H and O–H groups in total. The molecule has 126 valence electrons. The molecule has 3 aromatic rings. The lowest BCUT2D eigenvalue weighted by molar-refractivity contribution is 0.417. The van der Waals surface area contributed by atoms with E-state index >= 15 is 0 Å². The molecule has 2 aromatic heterocycles. The first kappa shape index (κ1) is 16.6.